The molecule has 1 amide bonds. The van der Waals surface area contributed by atoms with Gasteiger partial charge in [-0.05, 0) is 30.2 Å². The van der Waals surface area contributed by atoms with Crippen LogP contribution in [0.25, 0.3) is 0 Å². The van der Waals surface area contributed by atoms with Gasteiger partial charge < -0.3 is 15.2 Å². The first-order chi connectivity index (χ1) is 10.7. The summed E-state index contributed by atoms with van der Waals surface area (Å²) in [5.41, 5.74) is 1.74. The number of hydrogen-bond acceptors (Lipinski definition) is 3. The van der Waals surface area contributed by atoms with Crippen LogP contribution in [0.15, 0.2) is 48.5 Å². The van der Waals surface area contributed by atoms with Gasteiger partial charge in [0, 0.05) is 12.1 Å². The van der Waals surface area contributed by atoms with Crippen LogP contribution in [0.3, 0.4) is 0 Å². The van der Waals surface area contributed by atoms with Crippen LogP contribution in [-0.4, -0.2) is 17.6 Å². The average Bonchev–Trinajstić information content (AvgIpc) is 2.53. The minimum atomic E-state index is -0.0722. The van der Waals surface area contributed by atoms with Crippen molar-refractivity contribution in [3.8, 4) is 11.5 Å². The van der Waals surface area contributed by atoms with E-state index < -0.39 is 0 Å². The molecule has 0 aliphatic heterocycles. The molecule has 0 atom stereocenters. The van der Waals surface area contributed by atoms with Gasteiger partial charge in [0.1, 0.15) is 18.1 Å². The van der Waals surface area contributed by atoms with E-state index in [1.54, 1.807) is 18.2 Å². The third-order valence-corrected chi connectivity index (χ3v) is 3.20. The maximum absolute atomic E-state index is 11.9. The van der Waals surface area contributed by atoms with Gasteiger partial charge in [-0.3, -0.25) is 4.79 Å². The Morgan fingerprint density at radius 2 is 1.95 bits per heavy atom. The van der Waals surface area contributed by atoms with Gasteiger partial charge in [-0.1, -0.05) is 37.3 Å². The van der Waals surface area contributed by atoms with Crippen molar-refractivity contribution in [1.82, 2.24) is 5.32 Å². The fourth-order valence-electron chi connectivity index (χ4n) is 2.08. The van der Waals surface area contributed by atoms with E-state index in [9.17, 15) is 9.90 Å². The van der Waals surface area contributed by atoms with Crippen LogP contribution >= 0.6 is 0 Å². The molecule has 22 heavy (non-hydrogen) atoms. The molecule has 0 radical (unpaired) electrons. The largest absolute Gasteiger partial charge is 0.508 e. The zero-order valence-corrected chi connectivity index (χ0v) is 12.7. The summed E-state index contributed by atoms with van der Waals surface area (Å²) in [4.78, 5) is 11.9. The summed E-state index contributed by atoms with van der Waals surface area (Å²) < 4.78 is 5.79. The maximum atomic E-state index is 11.9. The van der Waals surface area contributed by atoms with Crippen LogP contribution in [0.4, 0.5) is 0 Å². The van der Waals surface area contributed by atoms with Crippen LogP contribution in [-0.2, 0) is 17.8 Å². The summed E-state index contributed by atoms with van der Waals surface area (Å²) in [6, 6.07) is 14.7. The molecule has 4 heteroatoms. The van der Waals surface area contributed by atoms with Gasteiger partial charge in [0.15, 0.2) is 0 Å². The molecular formula is C18H21NO3. The molecule has 0 unspecified atom stereocenters. The zero-order valence-electron chi connectivity index (χ0n) is 12.7. The third kappa shape index (κ3) is 4.81. The molecule has 0 fully saturated rings. The van der Waals surface area contributed by atoms with Crippen LogP contribution in [0.2, 0.25) is 0 Å². The number of benzene rings is 2. The molecule has 0 spiro atoms. The Balaban J connectivity index is 2.05. The summed E-state index contributed by atoms with van der Waals surface area (Å²) in [5, 5.41) is 12.4. The summed E-state index contributed by atoms with van der Waals surface area (Å²) in [5.74, 6) is 0.677. The number of aromatic hydroxyl groups is 1. The van der Waals surface area contributed by atoms with Crippen molar-refractivity contribution >= 4 is 5.91 Å². The number of amides is 1. The van der Waals surface area contributed by atoms with E-state index >= 15 is 0 Å². The Bertz CT molecular complexity index is 611. The lowest BCUT2D eigenvalue weighted by atomic mass is 10.1. The molecule has 2 aromatic rings. The summed E-state index contributed by atoms with van der Waals surface area (Å²) in [7, 11) is 0. The van der Waals surface area contributed by atoms with E-state index in [1.165, 1.54) is 0 Å². The Hall–Kier alpha value is -2.49. The number of nitrogens with one attached hydrogen (secondary N) is 1. The van der Waals surface area contributed by atoms with Gasteiger partial charge >= 0.3 is 0 Å². The quantitative estimate of drug-likeness (QED) is 0.826. The highest BCUT2D eigenvalue weighted by Gasteiger charge is 2.10. The van der Waals surface area contributed by atoms with Crippen molar-refractivity contribution in [2.75, 3.05) is 6.54 Å². The maximum Gasteiger partial charge on any atom is 0.224 e. The monoisotopic (exact) mass is 299 g/mol. The van der Waals surface area contributed by atoms with Crippen molar-refractivity contribution in [2.24, 2.45) is 0 Å². The minimum absolute atomic E-state index is 0.0722. The third-order valence-electron chi connectivity index (χ3n) is 3.20. The molecular weight excluding hydrogens is 278 g/mol. The molecule has 0 aromatic heterocycles. The van der Waals surface area contributed by atoms with Gasteiger partial charge in [0.2, 0.25) is 5.91 Å². The first-order valence-electron chi connectivity index (χ1n) is 7.44. The number of ether oxygens (including phenoxy) is 1. The topological polar surface area (TPSA) is 58.6 Å². The second-order valence-electron chi connectivity index (χ2n) is 5.09. The number of carbonyl (C=O) groups is 1. The average molecular weight is 299 g/mol. The van der Waals surface area contributed by atoms with E-state index in [1.807, 2.05) is 37.3 Å². The summed E-state index contributed by atoms with van der Waals surface area (Å²) >= 11 is 0. The SMILES string of the molecule is CCCNC(=O)Cc1cc(O)ccc1OCc1ccccc1. The van der Waals surface area contributed by atoms with Crippen molar-refractivity contribution in [3.05, 3.63) is 59.7 Å². The number of hydrogen-bond donors (Lipinski definition) is 2. The number of rotatable bonds is 7. The van der Waals surface area contributed by atoms with Crippen LogP contribution in [0.1, 0.15) is 24.5 Å². The standard InChI is InChI=1S/C18H21NO3/c1-2-10-19-18(21)12-15-11-16(20)8-9-17(15)22-13-14-6-4-3-5-7-14/h3-9,11,20H,2,10,12-13H2,1H3,(H,19,21). The second kappa shape index (κ2) is 8.08. The lowest BCUT2D eigenvalue weighted by molar-refractivity contribution is -0.120. The molecule has 4 nitrogen and oxygen atoms in total. The Morgan fingerprint density at radius 1 is 1.18 bits per heavy atom. The van der Waals surface area contributed by atoms with Gasteiger partial charge in [-0.15, -0.1) is 0 Å². The van der Waals surface area contributed by atoms with E-state index in [4.69, 9.17) is 4.74 Å². The van der Waals surface area contributed by atoms with Gasteiger partial charge in [0.25, 0.3) is 0 Å². The van der Waals surface area contributed by atoms with E-state index in [0.29, 0.717) is 24.5 Å². The van der Waals surface area contributed by atoms with Crippen molar-refractivity contribution < 1.29 is 14.6 Å². The fourth-order valence-corrected chi connectivity index (χ4v) is 2.08. The van der Waals surface area contributed by atoms with Gasteiger partial charge in [-0.25, -0.2) is 0 Å². The lowest BCUT2D eigenvalue weighted by Crippen LogP contribution is -2.25. The van der Waals surface area contributed by atoms with Crippen molar-refractivity contribution in [3.63, 3.8) is 0 Å². The van der Waals surface area contributed by atoms with Crippen LogP contribution in [0.5, 0.6) is 11.5 Å². The molecule has 0 saturated carbocycles. The summed E-state index contributed by atoms with van der Waals surface area (Å²) in [6.07, 6.45) is 1.08. The molecule has 2 N–H and O–H groups in total. The van der Waals surface area contributed by atoms with E-state index in [-0.39, 0.29) is 18.1 Å². The highest BCUT2D eigenvalue weighted by atomic mass is 16.5. The normalized spacial score (nSPS) is 10.2. The fraction of sp³-hybridized carbons (Fsp3) is 0.278. The van der Waals surface area contributed by atoms with Gasteiger partial charge in [-0.2, -0.15) is 0 Å². The van der Waals surface area contributed by atoms with Crippen LogP contribution < -0.4 is 10.1 Å². The molecule has 0 aliphatic rings. The minimum Gasteiger partial charge on any atom is -0.508 e. The first-order valence-corrected chi connectivity index (χ1v) is 7.44. The van der Waals surface area contributed by atoms with E-state index in [0.717, 1.165) is 12.0 Å². The Labute approximate surface area is 130 Å². The van der Waals surface area contributed by atoms with E-state index in [2.05, 4.69) is 5.32 Å². The molecule has 0 bridgehead atoms. The predicted molar refractivity (Wildman–Crippen MR) is 85.9 cm³/mol. The Kier molecular flexibility index (Phi) is 5.83. The molecule has 0 heterocycles. The number of carbonyl (C=O) groups excluding carboxylic acids is 1. The van der Waals surface area contributed by atoms with Gasteiger partial charge in [0.05, 0.1) is 6.42 Å². The highest BCUT2D eigenvalue weighted by Crippen LogP contribution is 2.25. The smallest absolute Gasteiger partial charge is 0.224 e. The predicted octanol–water partition coefficient (Wildman–Crippen LogP) is 3.04. The first kappa shape index (κ1) is 15.9. The summed E-state index contributed by atoms with van der Waals surface area (Å²) in [6.45, 7) is 3.08. The van der Waals surface area contributed by atoms with Crippen molar-refractivity contribution in [2.45, 2.75) is 26.4 Å². The molecule has 2 aromatic carbocycles. The van der Waals surface area contributed by atoms with Crippen molar-refractivity contribution in [1.29, 1.82) is 0 Å². The number of phenolic OH excluding ortho intramolecular Hbond substituents is 1. The lowest BCUT2D eigenvalue weighted by Gasteiger charge is -2.12. The highest BCUT2D eigenvalue weighted by molar-refractivity contribution is 5.79. The molecule has 0 aliphatic carbocycles. The zero-order chi connectivity index (χ0) is 15.8. The van der Waals surface area contributed by atoms with Crippen LogP contribution in [0, 0.1) is 0 Å². The second-order valence-corrected chi connectivity index (χ2v) is 5.09. The molecule has 0 saturated heterocycles. The Morgan fingerprint density at radius 3 is 2.68 bits per heavy atom. The molecule has 2 rings (SSSR count). The number of phenols is 1. The molecule has 116 valence electrons.